The number of nitrogens with one attached hydrogen (secondary N) is 3. The summed E-state index contributed by atoms with van der Waals surface area (Å²) in [6.45, 7) is 5.14. The van der Waals surface area contributed by atoms with E-state index in [0.717, 1.165) is 62.0 Å². The van der Waals surface area contributed by atoms with E-state index in [9.17, 15) is 4.79 Å². The Morgan fingerprint density at radius 1 is 1.04 bits per heavy atom. The van der Waals surface area contributed by atoms with Crippen molar-refractivity contribution in [3.63, 3.8) is 0 Å². The van der Waals surface area contributed by atoms with Gasteiger partial charge in [0.2, 0.25) is 0 Å². The molecular weight excluding hydrogens is 344 g/mol. The van der Waals surface area contributed by atoms with Crippen LogP contribution >= 0.6 is 0 Å². The molecule has 2 aromatic heterocycles. The van der Waals surface area contributed by atoms with Crippen molar-refractivity contribution >= 4 is 5.82 Å². The standard InChI is InChI=1S/C19H22N6O2/c26-16-7-6-15(21-22-16)17-18(14-4-2-1-3-5-14)23-24-19(17)20-8-9-25-10-12-27-13-11-25/h1-7H,8-13H2,(H,22,26)(H2,20,23,24). The minimum atomic E-state index is -0.231. The molecule has 8 nitrogen and oxygen atoms in total. The SMILES string of the molecule is O=c1ccc(-c2c(NCCN3CCOCC3)n[nH]c2-c2ccccc2)n[nH]1. The first-order chi connectivity index (χ1) is 13.3. The number of anilines is 1. The van der Waals surface area contributed by atoms with Crippen LogP contribution < -0.4 is 10.9 Å². The molecule has 1 saturated heterocycles. The lowest BCUT2D eigenvalue weighted by atomic mass is 10.0. The minimum absolute atomic E-state index is 0.231. The third-order valence-corrected chi connectivity index (χ3v) is 4.59. The van der Waals surface area contributed by atoms with Gasteiger partial charge in [-0.25, -0.2) is 5.10 Å². The van der Waals surface area contributed by atoms with E-state index < -0.39 is 0 Å². The Balaban J connectivity index is 1.59. The van der Waals surface area contributed by atoms with Crippen molar-refractivity contribution in [2.45, 2.75) is 0 Å². The summed E-state index contributed by atoms with van der Waals surface area (Å²) in [5.41, 5.74) is 3.15. The third kappa shape index (κ3) is 4.07. The van der Waals surface area contributed by atoms with Crippen LogP contribution in [0.1, 0.15) is 0 Å². The Hall–Kier alpha value is -2.97. The molecule has 0 saturated carbocycles. The molecule has 1 aromatic carbocycles. The average molecular weight is 366 g/mol. The van der Waals surface area contributed by atoms with E-state index in [0.29, 0.717) is 5.69 Å². The van der Waals surface area contributed by atoms with Crippen LogP contribution in [-0.4, -0.2) is 64.7 Å². The maximum Gasteiger partial charge on any atom is 0.264 e. The number of rotatable bonds is 6. The number of aromatic nitrogens is 4. The number of aromatic amines is 2. The molecule has 0 spiro atoms. The van der Waals surface area contributed by atoms with Gasteiger partial charge in [-0.2, -0.15) is 10.2 Å². The molecule has 3 aromatic rings. The summed E-state index contributed by atoms with van der Waals surface area (Å²) in [4.78, 5) is 13.8. The number of nitrogens with zero attached hydrogens (tertiary/aromatic N) is 3. The van der Waals surface area contributed by atoms with E-state index in [2.05, 4.69) is 30.6 Å². The second-order valence-electron chi connectivity index (χ2n) is 6.38. The summed E-state index contributed by atoms with van der Waals surface area (Å²) < 4.78 is 5.39. The average Bonchev–Trinajstić information content (AvgIpc) is 3.14. The normalized spacial score (nSPS) is 15.0. The van der Waals surface area contributed by atoms with Crippen molar-refractivity contribution in [3.8, 4) is 22.5 Å². The predicted molar refractivity (Wildman–Crippen MR) is 104 cm³/mol. The summed E-state index contributed by atoms with van der Waals surface area (Å²) in [5, 5.41) is 17.7. The Labute approximate surface area is 156 Å². The van der Waals surface area contributed by atoms with Gasteiger partial charge in [-0.15, -0.1) is 0 Å². The molecule has 1 aliphatic rings. The molecule has 8 heteroatoms. The van der Waals surface area contributed by atoms with E-state index in [1.807, 2.05) is 30.3 Å². The fourth-order valence-corrected chi connectivity index (χ4v) is 3.17. The third-order valence-electron chi connectivity index (χ3n) is 4.59. The molecule has 0 radical (unpaired) electrons. The highest BCUT2D eigenvalue weighted by Gasteiger charge is 2.18. The fraction of sp³-hybridized carbons (Fsp3) is 0.316. The van der Waals surface area contributed by atoms with Gasteiger partial charge in [0.05, 0.1) is 30.2 Å². The van der Waals surface area contributed by atoms with Gasteiger partial charge in [0.25, 0.3) is 5.56 Å². The zero-order valence-electron chi connectivity index (χ0n) is 14.9. The summed E-state index contributed by atoms with van der Waals surface area (Å²) in [5.74, 6) is 0.724. The highest BCUT2D eigenvalue weighted by atomic mass is 16.5. The molecule has 4 rings (SSSR count). The van der Waals surface area contributed by atoms with Gasteiger partial charge in [-0.1, -0.05) is 30.3 Å². The first kappa shape index (κ1) is 17.4. The van der Waals surface area contributed by atoms with Crippen LogP contribution in [0, 0.1) is 0 Å². The van der Waals surface area contributed by atoms with Crippen LogP contribution in [0.2, 0.25) is 0 Å². The topological polar surface area (TPSA) is 98.9 Å². The number of hydrogen-bond acceptors (Lipinski definition) is 6. The molecule has 27 heavy (non-hydrogen) atoms. The monoisotopic (exact) mass is 366 g/mol. The van der Waals surface area contributed by atoms with Crippen molar-refractivity contribution < 1.29 is 4.74 Å². The molecule has 0 atom stereocenters. The maximum absolute atomic E-state index is 11.4. The van der Waals surface area contributed by atoms with Crippen LogP contribution in [-0.2, 0) is 4.74 Å². The van der Waals surface area contributed by atoms with Crippen LogP contribution in [0.5, 0.6) is 0 Å². The maximum atomic E-state index is 11.4. The lowest BCUT2D eigenvalue weighted by Gasteiger charge is -2.26. The summed E-state index contributed by atoms with van der Waals surface area (Å²) >= 11 is 0. The molecule has 1 fully saturated rings. The number of benzene rings is 1. The highest BCUT2D eigenvalue weighted by Crippen LogP contribution is 2.34. The second kappa shape index (κ2) is 8.15. The van der Waals surface area contributed by atoms with E-state index in [1.165, 1.54) is 6.07 Å². The number of hydrogen-bond donors (Lipinski definition) is 3. The Morgan fingerprint density at radius 3 is 2.59 bits per heavy atom. The fourth-order valence-electron chi connectivity index (χ4n) is 3.17. The van der Waals surface area contributed by atoms with Gasteiger partial charge in [-0.05, 0) is 6.07 Å². The molecule has 3 N–H and O–H groups in total. The van der Waals surface area contributed by atoms with Crippen LogP contribution in [0.4, 0.5) is 5.82 Å². The molecule has 140 valence electrons. The smallest absolute Gasteiger partial charge is 0.264 e. The number of morpholine rings is 1. The molecule has 3 heterocycles. The molecule has 0 aliphatic carbocycles. The molecule has 0 bridgehead atoms. The molecule has 0 unspecified atom stereocenters. The van der Waals surface area contributed by atoms with E-state index in [1.54, 1.807) is 6.07 Å². The van der Waals surface area contributed by atoms with Crippen molar-refractivity contribution in [2.24, 2.45) is 0 Å². The second-order valence-corrected chi connectivity index (χ2v) is 6.38. The van der Waals surface area contributed by atoms with Crippen LogP contribution in [0.3, 0.4) is 0 Å². The molecule has 0 amide bonds. The molecule has 1 aliphatic heterocycles. The summed E-state index contributed by atoms with van der Waals surface area (Å²) in [7, 11) is 0. The number of ether oxygens (including phenoxy) is 1. The van der Waals surface area contributed by atoms with Gasteiger partial charge in [-0.3, -0.25) is 14.8 Å². The van der Waals surface area contributed by atoms with Crippen LogP contribution in [0.15, 0.2) is 47.3 Å². The van der Waals surface area contributed by atoms with Gasteiger partial charge >= 0.3 is 0 Å². The summed E-state index contributed by atoms with van der Waals surface area (Å²) in [6, 6.07) is 13.1. The summed E-state index contributed by atoms with van der Waals surface area (Å²) in [6.07, 6.45) is 0. The predicted octanol–water partition coefficient (Wildman–Crippen LogP) is 1.57. The zero-order valence-corrected chi connectivity index (χ0v) is 14.9. The molecular formula is C19H22N6O2. The lowest BCUT2D eigenvalue weighted by molar-refractivity contribution is 0.0398. The van der Waals surface area contributed by atoms with Gasteiger partial charge in [0.15, 0.2) is 5.82 Å². The Kier molecular flexibility index (Phi) is 5.27. The van der Waals surface area contributed by atoms with Crippen molar-refractivity contribution in [2.75, 3.05) is 44.7 Å². The van der Waals surface area contributed by atoms with E-state index in [4.69, 9.17) is 4.74 Å². The van der Waals surface area contributed by atoms with Crippen LogP contribution in [0.25, 0.3) is 22.5 Å². The quantitative estimate of drug-likeness (QED) is 0.612. The minimum Gasteiger partial charge on any atom is -0.379 e. The van der Waals surface area contributed by atoms with Gasteiger partial charge in [0, 0.05) is 37.8 Å². The van der Waals surface area contributed by atoms with Crippen molar-refractivity contribution in [1.29, 1.82) is 0 Å². The van der Waals surface area contributed by atoms with E-state index in [-0.39, 0.29) is 5.56 Å². The lowest BCUT2D eigenvalue weighted by Crippen LogP contribution is -2.39. The zero-order chi connectivity index (χ0) is 18.5. The highest BCUT2D eigenvalue weighted by molar-refractivity contribution is 5.86. The number of H-pyrrole nitrogens is 2. The van der Waals surface area contributed by atoms with Crippen molar-refractivity contribution in [1.82, 2.24) is 25.3 Å². The van der Waals surface area contributed by atoms with E-state index >= 15 is 0 Å². The van der Waals surface area contributed by atoms with Crippen molar-refractivity contribution in [3.05, 3.63) is 52.8 Å². The Morgan fingerprint density at radius 2 is 1.85 bits per heavy atom. The largest absolute Gasteiger partial charge is 0.379 e. The first-order valence-corrected chi connectivity index (χ1v) is 9.05. The Bertz CT molecular complexity index is 910. The van der Waals surface area contributed by atoms with Gasteiger partial charge in [0.1, 0.15) is 0 Å². The first-order valence-electron chi connectivity index (χ1n) is 9.05. The van der Waals surface area contributed by atoms with Gasteiger partial charge < -0.3 is 10.1 Å².